The SMILES string of the molecule is C1=Cc2cc3ccc([nH]3)c(-c3c4ccccc4cc4ccccc34)c3nc(cc4ccc(cc1n2)[nH]4)C=C3. The molecule has 0 spiro atoms. The lowest BCUT2D eigenvalue weighted by molar-refractivity contribution is 1.31. The lowest BCUT2D eigenvalue weighted by Crippen LogP contribution is -1.90. The van der Waals surface area contributed by atoms with Crippen LogP contribution >= 0.6 is 0 Å². The minimum Gasteiger partial charge on any atom is -0.355 e. The van der Waals surface area contributed by atoms with Gasteiger partial charge in [-0.3, -0.25) is 0 Å². The van der Waals surface area contributed by atoms with Gasteiger partial charge in [0.15, 0.2) is 0 Å². The maximum absolute atomic E-state index is 5.12. The predicted octanol–water partition coefficient (Wildman–Crippen LogP) is 8.63. The molecule has 4 nitrogen and oxygen atoms in total. The molecule has 0 aliphatic carbocycles. The summed E-state index contributed by atoms with van der Waals surface area (Å²) in [5.74, 6) is 0. The van der Waals surface area contributed by atoms with Crippen LogP contribution in [0.15, 0.2) is 97.1 Å². The van der Waals surface area contributed by atoms with Crippen molar-refractivity contribution in [3.05, 3.63) is 120 Å². The molecule has 6 aromatic rings. The molecule has 38 heavy (non-hydrogen) atoms. The van der Waals surface area contributed by atoms with Crippen LogP contribution in [0.25, 0.3) is 79.0 Å². The molecule has 2 N–H and O–H groups in total. The molecule has 178 valence electrons. The third-order valence-corrected chi connectivity index (χ3v) is 7.24. The van der Waals surface area contributed by atoms with E-state index in [2.05, 4.69) is 119 Å². The molecule has 0 amide bonds. The number of aromatic amines is 2. The van der Waals surface area contributed by atoms with Crippen molar-refractivity contribution in [1.82, 2.24) is 19.9 Å². The number of H-pyrrole nitrogens is 2. The van der Waals surface area contributed by atoms with Gasteiger partial charge in [-0.25, -0.2) is 9.97 Å². The summed E-state index contributed by atoms with van der Waals surface area (Å²) in [5, 5.41) is 4.83. The first-order valence-corrected chi connectivity index (χ1v) is 12.8. The molecule has 8 bridgehead atoms. The minimum absolute atomic E-state index is 0.912. The fourth-order valence-electron chi connectivity index (χ4n) is 5.55. The molecule has 2 aliphatic rings. The van der Waals surface area contributed by atoms with Crippen molar-refractivity contribution in [1.29, 1.82) is 0 Å². The number of fused-ring (bicyclic) bond motifs is 10. The first-order valence-electron chi connectivity index (χ1n) is 12.8. The van der Waals surface area contributed by atoms with Gasteiger partial charge in [0.25, 0.3) is 0 Å². The Labute approximate surface area is 218 Å². The van der Waals surface area contributed by atoms with Gasteiger partial charge in [0.05, 0.1) is 22.8 Å². The van der Waals surface area contributed by atoms with Gasteiger partial charge in [0, 0.05) is 33.2 Å². The van der Waals surface area contributed by atoms with E-state index in [4.69, 9.17) is 9.97 Å². The van der Waals surface area contributed by atoms with Crippen LogP contribution < -0.4 is 0 Å². The van der Waals surface area contributed by atoms with E-state index in [0.717, 1.165) is 50.4 Å². The molecule has 0 radical (unpaired) electrons. The zero-order chi connectivity index (χ0) is 25.1. The largest absolute Gasteiger partial charge is 0.355 e. The molecule has 0 saturated carbocycles. The highest BCUT2D eigenvalue weighted by atomic mass is 14.8. The molecule has 3 aromatic carbocycles. The molecule has 8 rings (SSSR count). The highest BCUT2D eigenvalue weighted by molar-refractivity contribution is 6.16. The molecule has 0 fully saturated rings. The Bertz CT molecular complexity index is 2090. The predicted molar refractivity (Wildman–Crippen MR) is 159 cm³/mol. The Morgan fingerprint density at radius 3 is 1.68 bits per heavy atom. The van der Waals surface area contributed by atoms with E-state index in [0.29, 0.717) is 0 Å². The van der Waals surface area contributed by atoms with Crippen molar-refractivity contribution in [3.8, 4) is 11.1 Å². The van der Waals surface area contributed by atoms with E-state index in [-0.39, 0.29) is 0 Å². The molecule has 0 saturated heterocycles. The lowest BCUT2D eigenvalue weighted by Gasteiger charge is -2.13. The van der Waals surface area contributed by atoms with Crippen molar-refractivity contribution in [3.63, 3.8) is 0 Å². The summed E-state index contributed by atoms with van der Waals surface area (Å²) in [6.45, 7) is 0. The molecular weight excluding hydrogens is 464 g/mol. The van der Waals surface area contributed by atoms with E-state index < -0.39 is 0 Å². The van der Waals surface area contributed by atoms with Gasteiger partial charge < -0.3 is 9.97 Å². The number of nitrogens with one attached hydrogen (secondary N) is 2. The Kier molecular flexibility index (Phi) is 4.49. The van der Waals surface area contributed by atoms with Gasteiger partial charge >= 0.3 is 0 Å². The van der Waals surface area contributed by atoms with Gasteiger partial charge in [-0.15, -0.1) is 0 Å². The summed E-state index contributed by atoms with van der Waals surface area (Å²) in [4.78, 5) is 17.1. The van der Waals surface area contributed by atoms with Gasteiger partial charge in [0.2, 0.25) is 0 Å². The number of hydrogen-bond acceptors (Lipinski definition) is 2. The second-order valence-corrected chi connectivity index (χ2v) is 9.75. The molecular formula is C34H22N4. The quantitative estimate of drug-likeness (QED) is 0.228. The summed E-state index contributed by atoms with van der Waals surface area (Å²) in [7, 11) is 0. The highest BCUT2D eigenvalue weighted by Gasteiger charge is 2.16. The van der Waals surface area contributed by atoms with E-state index in [1.165, 1.54) is 27.1 Å². The zero-order valence-electron chi connectivity index (χ0n) is 20.4. The highest BCUT2D eigenvalue weighted by Crippen LogP contribution is 2.40. The molecule has 4 heteroatoms. The van der Waals surface area contributed by atoms with E-state index in [1.807, 2.05) is 12.2 Å². The minimum atomic E-state index is 0.912. The second kappa shape index (κ2) is 8.15. The lowest BCUT2D eigenvalue weighted by atomic mass is 9.91. The fourth-order valence-corrected chi connectivity index (χ4v) is 5.55. The number of hydrogen-bond donors (Lipinski definition) is 2. The average molecular weight is 487 g/mol. The van der Waals surface area contributed by atoms with Crippen molar-refractivity contribution in [2.45, 2.75) is 0 Å². The summed E-state index contributed by atoms with van der Waals surface area (Å²) < 4.78 is 0. The molecule has 0 unspecified atom stereocenters. The number of aromatic nitrogens is 4. The first-order chi connectivity index (χ1) is 18.8. The summed E-state index contributed by atoms with van der Waals surface area (Å²) >= 11 is 0. The number of nitrogens with zero attached hydrogens (tertiary/aromatic N) is 2. The van der Waals surface area contributed by atoms with Crippen LogP contribution in [-0.4, -0.2) is 19.9 Å². The van der Waals surface area contributed by atoms with E-state index >= 15 is 0 Å². The summed E-state index contributed by atoms with van der Waals surface area (Å²) in [6.07, 6.45) is 8.31. The van der Waals surface area contributed by atoms with Gasteiger partial charge in [-0.1, -0.05) is 48.5 Å². The van der Waals surface area contributed by atoms with Gasteiger partial charge in [-0.05, 0) is 94.4 Å². The number of benzene rings is 3. The molecule has 3 aromatic heterocycles. The van der Waals surface area contributed by atoms with Crippen LogP contribution in [0.5, 0.6) is 0 Å². The van der Waals surface area contributed by atoms with Gasteiger partial charge in [0.1, 0.15) is 0 Å². The standard InChI is InChI=1S/C34H22N4/c1-3-7-29-21(5-1)17-22-6-2-4-8-30(22)33(29)34-31-15-13-27(37-31)19-25-11-9-23(35-25)18-24-10-12-26(36-24)20-28-14-16-32(34)38-28/h1-20,35,38H. The van der Waals surface area contributed by atoms with E-state index in [9.17, 15) is 0 Å². The van der Waals surface area contributed by atoms with Crippen LogP contribution in [0.4, 0.5) is 0 Å². The molecule has 5 heterocycles. The van der Waals surface area contributed by atoms with Crippen molar-refractivity contribution in [2.24, 2.45) is 0 Å². The third-order valence-electron chi connectivity index (χ3n) is 7.24. The van der Waals surface area contributed by atoms with Crippen molar-refractivity contribution >= 4 is 67.9 Å². The molecule has 2 aliphatic heterocycles. The van der Waals surface area contributed by atoms with Crippen LogP contribution in [0.1, 0.15) is 22.8 Å². The third kappa shape index (κ3) is 3.46. The fraction of sp³-hybridized carbons (Fsp3) is 0. The maximum Gasteiger partial charge on any atom is 0.0737 e. The zero-order valence-corrected chi connectivity index (χ0v) is 20.4. The van der Waals surface area contributed by atoms with Crippen molar-refractivity contribution in [2.75, 3.05) is 0 Å². The summed E-state index contributed by atoms with van der Waals surface area (Å²) in [5.41, 5.74) is 9.99. The molecule has 0 atom stereocenters. The monoisotopic (exact) mass is 486 g/mol. The van der Waals surface area contributed by atoms with Crippen LogP contribution in [-0.2, 0) is 0 Å². The summed E-state index contributed by atoms with van der Waals surface area (Å²) in [6, 6.07) is 34.1. The Balaban J connectivity index is 1.56. The Hall–Kier alpha value is -5.22. The normalized spacial score (nSPS) is 12.5. The smallest absolute Gasteiger partial charge is 0.0737 e. The Morgan fingerprint density at radius 2 is 1.00 bits per heavy atom. The first kappa shape index (κ1) is 20.9. The average Bonchev–Trinajstić information content (AvgIpc) is 3.74. The van der Waals surface area contributed by atoms with Gasteiger partial charge in [-0.2, -0.15) is 0 Å². The van der Waals surface area contributed by atoms with Crippen molar-refractivity contribution < 1.29 is 0 Å². The Morgan fingerprint density at radius 1 is 0.447 bits per heavy atom. The number of rotatable bonds is 1. The second-order valence-electron chi connectivity index (χ2n) is 9.75. The van der Waals surface area contributed by atoms with Crippen LogP contribution in [0.2, 0.25) is 0 Å². The van der Waals surface area contributed by atoms with Crippen LogP contribution in [0, 0.1) is 0 Å². The maximum atomic E-state index is 5.12. The van der Waals surface area contributed by atoms with Crippen LogP contribution in [0.3, 0.4) is 0 Å². The topological polar surface area (TPSA) is 57.4 Å². The van der Waals surface area contributed by atoms with E-state index in [1.54, 1.807) is 0 Å².